The molecule has 73 valence electrons. The Morgan fingerprint density at radius 1 is 1.21 bits per heavy atom. The van der Waals surface area contributed by atoms with Crippen molar-refractivity contribution < 1.29 is 9.90 Å². The molecule has 0 saturated carbocycles. The van der Waals surface area contributed by atoms with Crippen molar-refractivity contribution in [3.8, 4) is 0 Å². The molecule has 0 saturated heterocycles. The number of unbranched alkanes of at least 4 members (excludes halogenated alkanes) is 1. The number of allylic oxidation sites excluding steroid dienone is 1. The first-order valence-electron chi connectivity index (χ1n) is 4.70. The maximum absolute atomic E-state index is 10.0. The maximum Gasteiger partial charge on any atom is 0.378 e. The van der Waals surface area contributed by atoms with E-state index in [2.05, 4.69) is 12.1 Å². The Kier molecular flexibility index (Phi) is 4.48. The molecule has 14 heavy (non-hydrogen) atoms. The van der Waals surface area contributed by atoms with Crippen LogP contribution in [0.2, 0.25) is 0 Å². The molecule has 1 radical (unpaired) electrons. The SMILES string of the molecule is [O]C(=O)C=CCCCc1ccccc1. The van der Waals surface area contributed by atoms with E-state index >= 15 is 0 Å². The highest BCUT2D eigenvalue weighted by Crippen LogP contribution is 2.04. The van der Waals surface area contributed by atoms with E-state index in [9.17, 15) is 9.90 Å². The first-order valence-corrected chi connectivity index (χ1v) is 4.70. The van der Waals surface area contributed by atoms with Gasteiger partial charge in [-0.3, -0.25) is 0 Å². The Labute approximate surface area is 83.9 Å². The summed E-state index contributed by atoms with van der Waals surface area (Å²) in [6.45, 7) is 0. The molecule has 0 aliphatic heterocycles. The largest absolute Gasteiger partial charge is 0.378 e. The van der Waals surface area contributed by atoms with E-state index in [-0.39, 0.29) is 0 Å². The molecule has 0 amide bonds. The van der Waals surface area contributed by atoms with Crippen molar-refractivity contribution in [3.05, 3.63) is 48.0 Å². The predicted octanol–water partition coefficient (Wildman–Crippen LogP) is 2.52. The van der Waals surface area contributed by atoms with E-state index in [1.54, 1.807) is 6.08 Å². The fraction of sp³-hybridized carbons (Fsp3) is 0.250. The Hall–Kier alpha value is -1.57. The van der Waals surface area contributed by atoms with Crippen LogP contribution in [0.1, 0.15) is 18.4 Å². The molecule has 2 heteroatoms. The summed E-state index contributed by atoms with van der Waals surface area (Å²) < 4.78 is 0. The third kappa shape index (κ3) is 4.45. The smallest absolute Gasteiger partial charge is 0.242 e. The van der Waals surface area contributed by atoms with Gasteiger partial charge in [-0.25, -0.2) is 9.90 Å². The summed E-state index contributed by atoms with van der Waals surface area (Å²) in [5.41, 5.74) is 1.29. The van der Waals surface area contributed by atoms with Gasteiger partial charge in [0.05, 0.1) is 0 Å². The molecule has 0 fully saturated rings. The summed E-state index contributed by atoms with van der Waals surface area (Å²) in [6, 6.07) is 10.1. The minimum absolute atomic E-state index is 0.781. The lowest BCUT2D eigenvalue weighted by Gasteiger charge is -1.97. The summed E-state index contributed by atoms with van der Waals surface area (Å²) in [7, 11) is 0. The lowest BCUT2D eigenvalue weighted by molar-refractivity contribution is -0.137. The van der Waals surface area contributed by atoms with Gasteiger partial charge in [0.25, 0.3) is 0 Å². The topological polar surface area (TPSA) is 37.0 Å². The van der Waals surface area contributed by atoms with Crippen molar-refractivity contribution in [2.24, 2.45) is 0 Å². The summed E-state index contributed by atoms with van der Waals surface area (Å²) in [5, 5.41) is 10.0. The Balaban J connectivity index is 2.19. The molecular formula is C12H13O2. The van der Waals surface area contributed by atoms with Crippen LogP contribution in [0.25, 0.3) is 0 Å². The normalized spacial score (nSPS) is 10.6. The molecule has 0 aliphatic rings. The number of benzene rings is 1. The van der Waals surface area contributed by atoms with Crippen LogP contribution < -0.4 is 0 Å². The summed E-state index contributed by atoms with van der Waals surface area (Å²) >= 11 is 0. The van der Waals surface area contributed by atoms with Gasteiger partial charge in [-0.1, -0.05) is 36.4 Å². The van der Waals surface area contributed by atoms with Crippen LogP contribution in [0.4, 0.5) is 0 Å². The number of rotatable bonds is 5. The number of carbonyl (C=O) groups excluding carboxylic acids is 1. The van der Waals surface area contributed by atoms with Gasteiger partial charge in [0.1, 0.15) is 0 Å². The van der Waals surface area contributed by atoms with Gasteiger partial charge in [-0.05, 0) is 24.8 Å². The van der Waals surface area contributed by atoms with E-state index in [4.69, 9.17) is 0 Å². The lowest BCUT2D eigenvalue weighted by Crippen LogP contribution is -1.85. The third-order valence-electron chi connectivity index (χ3n) is 1.93. The summed E-state index contributed by atoms with van der Waals surface area (Å²) in [6.07, 6.45) is 5.46. The molecule has 1 rings (SSSR count). The second-order valence-corrected chi connectivity index (χ2v) is 3.10. The molecule has 0 atom stereocenters. The molecule has 0 N–H and O–H groups in total. The standard InChI is InChI=1S/C12H13O2/c13-12(14)10-6-2-5-9-11-7-3-1-4-8-11/h1,3-4,6-8,10H,2,5,9H2. The van der Waals surface area contributed by atoms with E-state index < -0.39 is 5.97 Å². The molecule has 2 nitrogen and oxygen atoms in total. The zero-order valence-electron chi connectivity index (χ0n) is 7.98. The molecule has 0 bridgehead atoms. The predicted molar refractivity (Wildman–Crippen MR) is 54.2 cm³/mol. The zero-order valence-corrected chi connectivity index (χ0v) is 7.98. The minimum atomic E-state index is -1.12. The van der Waals surface area contributed by atoms with Crippen molar-refractivity contribution in [2.45, 2.75) is 19.3 Å². The molecule has 0 unspecified atom stereocenters. The Morgan fingerprint density at radius 2 is 1.93 bits per heavy atom. The van der Waals surface area contributed by atoms with Crippen LogP contribution in [0.15, 0.2) is 42.5 Å². The molecule has 0 aliphatic carbocycles. The molecule has 0 aromatic heterocycles. The quantitative estimate of drug-likeness (QED) is 0.518. The van der Waals surface area contributed by atoms with E-state index in [1.807, 2.05) is 18.2 Å². The van der Waals surface area contributed by atoms with Crippen molar-refractivity contribution in [1.82, 2.24) is 0 Å². The number of aryl methyl sites for hydroxylation is 1. The second-order valence-electron chi connectivity index (χ2n) is 3.10. The van der Waals surface area contributed by atoms with Crippen LogP contribution in [0, 0.1) is 0 Å². The van der Waals surface area contributed by atoms with Gasteiger partial charge >= 0.3 is 5.97 Å². The third-order valence-corrected chi connectivity index (χ3v) is 1.93. The molecule has 0 spiro atoms. The lowest BCUT2D eigenvalue weighted by atomic mass is 10.1. The van der Waals surface area contributed by atoms with Crippen molar-refractivity contribution in [3.63, 3.8) is 0 Å². The van der Waals surface area contributed by atoms with E-state index in [0.717, 1.165) is 25.3 Å². The van der Waals surface area contributed by atoms with Crippen LogP contribution in [0.5, 0.6) is 0 Å². The fourth-order valence-corrected chi connectivity index (χ4v) is 1.25. The van der Waals surface area contributed by atoms with Gasteiger partial charge < -0.3 is 0 Å². The monoisotopic (exact) mass is 189 g/mol. The van der Waals surface area contributed by atoms with Crippen LogP contribution in [-0.4, -0.2) is 5.97 Å². The highest BCUT2D eigenvalue weighted by Gasteiger charge is 1.91. The molecule has 1 aromatic rings. The summed E-state index contributed by atoms with van der Waals surface area (Å²) in [4.78, 5) is 10.0. The van der Waals surface area contributed by atoms with Gasteiger partial charge in [-0.2, -0.15) is 0 Å². The van der Waals surface area contributed by atoms with Crippen molar-refractivity contribution in [1.29, 1.82) is 0 Å². The van der Waals surface area contributed by atoms with Gasteiger partial charge in [0.2, 0.25) is 0 Å². The van der Waals surface area contributed by atoms with Gasteiger partial charge in [-0.15, -0.1) is 0 Å². The first kappa shape index (κ1) is 10.5. The number of carbonyl (C=O) groups is 1. The second kappa shape index (κ2) is 5.97. The molecule has 0 heterocycles. The fourth-order valence-electron chi connectivity index (χ4n) is 1.25. The maximum atomic E-state index is 10.0. The number of hydrogen-bond donors (Lipinski definition) is 0. The highest BCUT2D eigenvalue weighted by molar-refractivity contribution is 5.79. The minimum Gasteiger partial charge on any atom is -0.242 e. The van der Waals surface area contributed by atoms with Crippen LogP contribution >= 0.6 is 0 Å². The van der Waals surface area contributed by atoms with Crippen molar-refractivity contribution in [2.75, 3.05) is 0 Å². The Bertz CT molecular complexity index is 301. The molecule has 1 aromatic carbocycles. The van der Waals surface area contributed by atoms with Crippen LogP contribution in [-0.2, 0) is 16.3 Å². The Morgan fingerprint density at radius 3 is 2.57 bits per heavy atom. The zero-order chi connectivity index (χ0) is 10.2. The van der Waals surface area contributed by atoms with E-state index in [1.165, 1.54) is 5.56 Å². The van der Waals surface area contributed by atoms with Gasteiger partial charge in [0.15, 0.2) is 0 Å². The molecular weight excluding hydrogens is 176 g/mol. The number of hydrogen-bond acceptors (Lipinski definition) is 1. The van der Waals surface area contributed by atoms with Gasteiger partial charge in [0, 0.05) is 6.08 Å². The highest BCUT2D eigenvalue weighted by atomic mass is 16.4. The summed E-state index contributed by atoms with van der Waals surface area (Å²) in [5.74, 6) is -1.12. The van der Waals surface area contributed by atoms with Crippen molar-refractivity contribution >= 4 is 5.97 Å². The van der Waals surface area contributed by atoms with Crippen LogP contribution in [0.3, 0.4) is 0 Å². The average Bonchev–Trinajstić information content (AvgIpc) is 2.18. The first-order chi connectivity index (χ1) is 6.79. The van der Waals surface area contributed by atoms with E-state index in [0.29, 0.717) is 0 Å². The average molecular weight is 189 g/mol.